The summed E-state index contributed by atoms with van der Waals surface area (Å²) >= 11 is 0. The maximum atomic E-state index is 9.50. The third kappa shape index (κ3) is 3.51. The van der Waals surface area contributed by atoms with Crippen LogP contribution in [-0.4, -0.2) is 24.7 Å². The molecule has 0 aliphatic rings. The summed E-state index contributed by atoms with van der Waals surface area (Å²) in [6.07, 6.45) is 6.84. The van der Waals surface area contributed by atoms with E-state index < -0.39 is 5.41 Å². The number of benzene rings is 2. The molecule has 0 saturated heterocycles. The van der Waals surface area contributed by atoms with E-state index in [-0.39, 0.29) is 0 Å². The molecule has 6 rings (SSSR count). The second-order valence-corrected chi connectivity index (χ2v) is 9.31. The van der Waals surface area contributed by atoms with Crippen molar-refractivity contribution < 1.29 is 4.42 Å². The number of aromatic nitrogens is 5. The lowest BCUT2D eigenvalue weighted by atomic mass is 9.86. The van der Waals surface area contributed by atoms with Crippen LogP contribution >= 0.6 is 0 Å². The summed E-state index contributed by atoms with van der Waals surface area (Å²) in [4.78, 5) is 13.4. The molecule has 0 atom stereocenters. The van der Waals surface area contributed by atoms with Crippen LogP contribution in [0, 0.1) is 11.3 Å². The predicted octanol–water partition coefficient (Wildman–Crippen LogP) is 6.31. The van der Waals surface area contributed by atoms with Gasteiger partial charge in [-0.15, -0.1) is 0 Å². The Balaban J connectivity index is 1.48. The lowest BCUT2D eigenvalue weighted by molar-refractivity contribution is 0.572. The molecule has 0 bridgehead atoms. The predicted molar refractivity (Wildman–Crippen MR) is 139 cm³/mol. The van der Waals surface area contributed by atoms with Crippen LogP contribution in [0.1, 0.15) is 19.4 Å². The number of hydrogen-bond donors (Lipinski definition) is 0. The number of fused-ring (bicyclic) bond motifs is 3. The zero-order valence-corrected chi connectivity index (χ0v) is 20.1. The lowest BCUT2D eigenvalue weighted by Gasteiger charge is -2.15. The van der Waals surface area contributed by atoms with Crippen molar-refractivity contribution in [3.8, 4) is 40.0 Å². The van der Waals surface area contributed by atoms with Crippen LogP contribution in [0.15, 0.2) is 83.9 Å². The van der Waals surface area contributed by atoms with Gasteiger partial charge in [0.2, 0.25) is 5.89 Å². The molecule has 4 heterocycles. The molecule has 4 aromatic heterocycles. The van der Waals surface area contributed by atoms with Gasteiger partial charge in [-0.1, -0.05) is 36.4 Å². The molecule has 0 spiro atoms. The first-order valence-electron chi connectivity index (χ1n) is 11.6. The molecule has 174 valence electrons. The largest absolute Gasteiger partial charge is 0.443 e. The third-order valence-electron chi connectivity index (χ3n) is 6.59. The Bertz CT molecular complexity index is 1760. The Hall–Kier alpha value is -4.83. The van der Waals surface area contributed by atoms with E-state index in [1.165, 1.54) is 6.26 Å². The average molecular weight is 471 g/mol. The normalized spacial score (nSPS) is 11.7. The monoisotopic (exact) mass is 470 g/mol. The Labute approximate surface area is 207 Å². The first kappa shape index (κ1) is 21.7. The van der Waals surface area contributed by atoms with Gasteiger partial charge in [0.25, 0.3) is 0 Å². The molecule has 6 aromatic rings. The molecule has 0 unspecified atom stereocenters. The van der Waals surface area contributed by atoms with Crippen LogP contribution in [0.4, 0.5) is 0 Å². The van der Waals surface area contributed by atoms with E-state index in [9.17, 15) is 5.26 Å². The fourth-order valence-corrected chi connectivity index (χ4v) is 4.46. The van der Waals surface area contributed by atoms with Gasteiger partial charge < -0.3 is 4.42 Å². The molecule has 0 aliphatic heterocycles. The Morgan fingerprint density at radius 3 is 2.36 bits per heavy atom. The summed E-state index contributed by atoms with van der Waals surface area (Å²) in [5.74, 6) is 0.496. The second-order valence-electron chi connectivity index (χ2n) is 9.31. The van der Waals surface area contributed by atoms with Crippen molar-refractivity contribution >= 4 is 21.8 Å². The highest BCUT2D eigenvalue weighted by atomic mass is 16.3. The van der Waals surface area contributed by atoms with E-state index in [1.807, 2.05) is 80.4 Å². The molecule has 0 N–H and O–H groups in total. The van der Waals surface area contributed by atoms with Crippen molar-refractivity contribution in [2.24, 2.45) is 7.05 Å². The minimum absolute atomic E-state index is 0.496. The van der Waals surface area contributed by atoms with E-state index >= 15 is 0 Å². The second kappa shape index (κ2) is 8.14. The summed E-state index contributed by atoms with van der Waals surface area (Å²) in [5.41, 5.74) is 6.85. The van der Waals surface area contributed by atoms with Gasteiger partial charge in [0.15, 0.2) is 0 Å². The lowest BCUT2D eigenvalue weighted by Crippen LogP contribution is -2.13. The number of aryl methyl sites for hydroxylation is 1. The SMILES string of the molecule is Cn1nc(-c2ccc(C(C)(C)C#N)cc2)c2c3cc(-c4ccc(-c5ncco5)nc4)ccc3ncc21. The summed E-state index contributed by atoms with van der Waals surface area (Å²) < 4.78 is 7.22. The van der Waals surface area contributed by atoms with Gasteiger partial charge >= 0.3 is 0 Å². The quantitative estimate of drug-likeness (QED) is 0.300. The van der Waals surface area contributed by atoms with Crippen molar-refractivity contribution in [3.63, 3.8) is 0 Å². The minimum Gasteiger partial charge on any atom is -0.443 e. The summed E-state index contributed by atoms with van der Waals surface area (Å²) in [7, 11) is 1.93. The molecule has 0 fully saturated rings. The number of hydrogen-bond acceptors (Lipinski definition) is 6. The summed E-state index contributed by atoms with van der Waals surface area (Å²) in [6, 6.07) is 20.6. The van der Waals surface area contributed by atoms with Crippen molar-refractivity contribution in [2.75, 3.05) is 0 Å². The summed E-state index contributed by atoms with van der Waals surface area (Å²) in [5, 5.41) is 16.4. The van der Waals surface area contributed by atoms with Gasteiger partial charge in [-0.3, -0.25) is 14.6 Å². The number of nitriles is 1. The molecular formula is C29H22N6O. The smallest absolute Gasteiger partial charge is 0.244 e. The molecule has 0 amide bonds. The van der Waals surface area contributed by atoms with E-state index in [4.69, 9.17) is 9.52 Å². The Morgan fingerprint density at radius 1 is 0.889 bits per heavy atom. The Kier molecular flexibility index (Phi) is 4.90. The van der Waals surface area contributed by atoms with E-state index in [1.54, 1.807) is 6.20 Å². The van der Waals surface area contributed by atoms with Crippen LogP contribution in [0.2, 0.25) is 0 Å². The highest BCUT2D eigenvalue weighted by Crippen LogP contribution is 2.36. The van der Waals surface area contributed by atoms with Crippen molar-refractivity contribution in [2.45, 2.75) is 19.3 Å². The maximum absolute atomic E-state index is 9.50. The summed E-state index contributed by atoms with van der Waals surface area (Å²) in [6.45, 7) is 3.84. The molecule has 2 aromatic carbocycles. The van der Waals surface area contributed by atoms with Crippen LogP contribution < -0.4 is 0 Å². The van der Waals surface area contributed by atoms with Gasteiger partial charge in [-0.05, 0) is 43.2 Å². The first-order valence-corrected chi connectivity index (χ1v) is 11.6. The zero-order chi connectivity index (χ0) is 24.9. The van der Waals surface area contributed by atoms with Crippen LogP contribution in [0.5, 0.6) is 0 Å². The molecule has 7 nitrogen and oxygen atoms in total. The topological polar surface area (TPSA) is 93.4 Å². The highest BCUT2D eigenvalue weighted by molar-refractivity contribution is 6.12. The highest BCUT2D eigenvalue weighted by Gasteiger charge is 2.21. The van der Waals surface area contributed by atoms with Crippen LogP contribution in [-0.2, 0) is 12.5 Å². The third-order valence-corrected chi connectivity index (χ3v) is 6.59. The van der Waals surface area contributed by atoms with E-state index in [0.29, 0.717) is 11.6 Å². The fraction of sp³-hybridized carbons (Fsp3) is 0.138. The molecular weight excluding hydrogens is 448 g/mol. The molecule has 36 heavy (non-hydrogen) atoms. The number of pyridine rings is 2. The van der Waals surface area contributed by atoms with Gasteiger partial charge in [0.05, 0.1) is 34.9 Å². The van der Waals surface area contributed by atoms with Gasteiger partial charge in [-0.25, -0.2) is 4.98 Å². The fourth-order valence-electron chi connectivity index (χ4n) is 4.46. The van der Waals surface area contributed by atoms with Crippen molar-refractivity contribution in [1.29, 1.82) is 5.26 Å². The molecule has 0 aliphatic carbocycles. The van der Waals surface area contributed by atoms with Crippen LogP contribution in [0.25, 0.3) is 55.8 Å². The first-order chi connectivity index (χ1) is 17.4. The average Bonchev–Trinajstić information content (AvgIpc) is 3.57. The van der Waals surface area contributed by atoms with Gasteiger partial charge in [-0.2, -0.15) is 10.4 Å². The zero-order valence-electron chi connectivity index (χ0n) is 20.1. The minimum atomic E-state index is -0.549. The maximum Gasteiger partial charge on any atom is 0.244 e. The van der Waals surface area contributed by atoms with Crippen molar-refractivity contribution in [1.82, 2.24) is 24.7 Å². The van der Waals surface area contributed by atoms with Crippen LogP contribution in [0.3, 0.4) is 0 Å². The van der Waals surface area contributed by atoms with Crippen molar-refractivity contribution in [3.05, 3.63) is 85.0 Å². The molecule has 0 saturated carbocycles. The molecule has 0 radical (unpaired) electrons. The van der Waals surface area contributed by atoms with E-state index in [0.717, 1.165) is 49.8 Å². The Morgan fingerprint density at radius 2 is 1.67 bits per heavy atom. The number of rotatable bonds is 4. The molecule has 7 heteroatoms. The number of oxazole rings is 1. The standard InChI is InChI=1S/C29H22N6O/c1-29(2,17-30)21-8-4-18(5-9-21)27-26-22-14-19(6-10-23(22)33-16-25(26)35(3)34-27)20-7-11-24(32-15-20)28-31-12-13-36-28/h4-16H,1-3H3. The van der Waals surface area contributed by atoms with E-state index in [2.05, 4.69) is 33.2 Å². The van der Waals surface area contributed by atoms with Gasteiger partial charge in [0.1, 0.15) is 17.7 Å². The number of nitrogens with zero attached hydrogens (tertiary/aromatic N) is 6. The van der Waals surface area contributed by atoms with Gasteiger partial charge in [0, 0.05) is 35.1 Å².